The van der Waals surface area contributed by atoms with Crippen LogP contribution in [0.2, 0.25) is 0 Å². The molecule has 2 rings (SSSR count). The maximum absolute atomic E-state index is 15.4. The molecule has 2 heterocycles. The maximum Gasteiger partial charge on any atom is 0.351 e. The molecule has 1 saturated heterocycles. The lowest BCUT2D eigenvalue weighted by Crippen LogP contribution is -2.47. The Balaban J connectivity index is 2.36. The third kappa shape index (κ3) is 6.46. The van der Waals surface area contributed by atoms with Gasteiger partial charge in [-0.3, -0.25) is 4.57 Å². The van der Waals surface area contributed by atoms with Crippen LogP contribution in [0, 0.1) is 0 Å². The second-order valence-electron chi connectivity index (χ2n) is 10.7. The van der Waals surface area contributed by atoms with Gasteiger partial charge in [-0.25, -0.2) is 4.79 Å². The van der Waals surface area contributed by atoms with Gasteiger partial charge in [0.2, 0.25) is 6.23 Å². The van der Waals surface area contributed by atoms with Gasteiger partial charge in [0, 0.05) is 11.7 Å². The molecule has 1 N–H and O–H groups in total. The molecule has 0 radical (unpaired) electrons. The van der Waals surface area contributed by atoms with E-state index >= 15 is 8.78 Å². The number of halogens is 2. The van der Waals surface area contributed by atoms with Gasteiger partial charge in [-0.2, -0.15) is 13.8 Å². The predicted molar refractivity (Wildman–Crippen MR) is 111 cm³/mol. The van der Waals surface area contributed by atoms with Crippen LogP contribution < -0.4 is 11.0 Å². The monoisotopic (exact) mass is 431 g/mol. The number of alkyl halides is 2. The Kier molecular flexibility index (Phi) is 6.72. The van der Waals surface area contributed by atoms with Crippen LogP contribution in [-0.2, 0) is 14.2 Å². The topological polar surface area (TPSA) is 74.6 Å². The molecule has 0 amide bonds. The van der Waals surface area contributed by atoms with E-state index in [-0.39, 0.29) is 12.1 Å². The van der Waals surface area contributed by atoms with Crippen molar-refractivity contribution in [2.24, 2.45) is 0 Å². The molecule has 0 spiro atoms. The first kappa shape index (κ1) is 24.7. The van der Waals surface area contributed by atoms with E-state index in [1.807, 2.05) is 41.5 Å². The molecule has 3 atom stereocenters. The maximum atomic E-state index is 15.4. The Morgan fingerprint density at radius 1 is 1.13 bits per heavy atom. The third-order valence-electron chi connectivity index (χ3n) is 4.10. The largest absolute Gasteiger partial charge is 0.373 e. The lowest BCUT2D eigenvalue weighted by Gasteiger charge is -2.32. The molecule has 0 unspecified atom stereocenters. The predicted octanol–water partition coefficient (Wildman–Crippen LogP) is 3.99. The molecule has 7 nitrogen and oxygen atoms in total. The minimum absolute atomic E-state index is 0.0951. The van der Waals surface area contributed by atoms with Gasteiger partial charge in [0.1, 0.15) is 11.9 Å². The van der Waals surface area contributed by atoms with Gasteiger partial charge in [0.05, 0.1) is 17.8 Å². The van der Waals surface area contributed by atoms with E-state index in [2.05, 4.69) is 10.3 Å². The fourth-order valence-electron chi connectivity index (χ4n) is 3.01. The first-order chi connectivity index (χ1) is 13.4. The van der Waals surface area contributed by atoms with E-state index in [0.29, 0.717) is 5.82 Å². The molecule has 1 aliphatic rings. The second kappa shape index (κ2) is 8.16. The van der Waals surface area contributed by atoms with Crippen molar-refractivity contribution >= 4 is 5.82 Å². The average molecular weight is 432 g/mol. The van der Waals surface area contributed by atoms with Crippen LogP contribution in [0.25, 0.3) is 0 Å². The van der Waals surface area contributed by atoms with E-state index in [4.69, 9.17) is 14.2 Å². The fraction of sp³-hybridized carbons (Fsp3) is 0.810. The smallest absolute Gasteiger partial charge is 0.351 e. The molecule has 1 aromatic rings. The standard InChI is InChI=1S/C21H35F2N3O4/c1-18(2,3)25-14-10-11-26(17(27)24-14)16-21(22,23)15(30-20(7,8)9)13(29-16)12-28-19(4,5)6/h10-11,13,15-16H,12H2,1-9H3,(H,24,25,27)/t13-,15+,16-/m1/s1. The zero-order valence-corrected chi connectivity index (χ0v) is 19.4. The quantitative estimate of drug-likeness (QED) is 0.760. The highest BCUT2D eigenvalue weighted by atomic mass is 19.3. The summed E-state index contributed by atoms with van der Waals surface area (Å²) in [4.78, 5) is 16.4. The highest BCUT2D eigenvalue weighted by Crippen LogP contribution is 2.45. The van der Waals surface area contributed by atoms with Crippen molar-refractivity contribution < 1.29 is 23.0 Å². The van der Waals surface area contributed by atoms with E-state index in [9.17, 15) is 4.79 Å². The van der Waals surface area contributed by atoms with Crippen LogP contribution in [0.4, 0.5) is 14.6 Å². The van der Waals surface area contributed by atoms with Gasteiger partial charge in [0.25, 0.3) is 0 Å². The summed E-state index contributed by atoms with van der Waals surface area (Å²) in [5, 5.41) is 3.05. The first-order valence-corrected chi connectivity index (χ1v) is 10.1. The van der Waals surface area contributed by atoms with Gasteiger partial charge in [0.15, 0.2) is 6.10 Å². The zero-order valence-electron chi connectivity index (χ0n) is 19.4. The zero-order chi connectivity index (χ0) is 23.1. The summed E-state index contributed by atoms with van der Waals surface area (Å²) in [7, 11) is 0. The van der Waals surface area contributed by atoms with Gasteiger partial charge >= 0.3 is 11.6 Å². The minimum Gasteiger partial charge on any atom is -0.373 e. The van der Waals surface area contributed by atoms with Crippen LogP contribution in [0.5, 0.6) is 0 Å². The van der Waals surface area contributed by atoms with Gasteiger partial charge < -0.3 is 19.5 Å². The number of rotatable bonds is 5. The summed E-state index contributed by atoms with van der Waals surface area (Å²) in [5.41, 5.74) is -2.54. The van der Waals surface area contributed by atoms with Crippen molar-refractivity contribution in [2.75, 3.05) is 11.9 Å². The van der Waals surface area contributed by atoms with Crippen molar-refractivity contribution in [1.82, 2.24) is 9.55 Å². The van der Waals surface area contributed by atoms with Crippen LogP contribution in [-0.4, -0.2) is 51.0 Å². The molecule has 30 heavy (non-hydrogen) atoms. The molecule has 172 valence electrons. The van der Waals surface area contributed by atoms with Crippen molar-refractivity contribution in [3.8, 4) is 0 Å². The Hall–Kier alpha value is -1.58. The van der Waals surface area contributed by atoms with Crippen molar-refractivity contribution in [1.29, 1.82) is 0 Å². The normalized spacial score (nSPS) is 24.8. The summed E-state index contributed by atoms with van der Waals surface area (Å²) < 4.78 is 48.6. The Bertz CT molecular complexity index is 791. The minimum atomic E-state index is -3.47. The van der Waals surface area contributed by atoms with Crippen molar-refractivity contribution in [3.63, 3.8) is 0 Å². The summed E-state index contributed by atoms with van der Waals surface area (Å²) >= 11 is 0. The van der Waals surface area contributed by atoms with E-state index in [1.54, 1.807) is 20.8 Å². The van der Waals surface area contributed by atoms with Crippen molar-refractivity contribution in [3.05, 3.63) is 22.7 Å². The number of aromatic nitrogens is 2. The number of hydrogen-bond acceptors (Lipinski definition) is 6. The number of nitrogens with zero attached hydrogens (tertiary/aromatic N) is 2. The van der Waals surface area contributed by atoms with Gasteiger partial charge in [-0.1, -0.05) is 0 Å². The van der Waals surface area contributed by atoms with Crippen LogP contribution in [0.15, 0.2) is 17.1 Å². The third-order valence-corrected chi connectivity index (χ3v) is 4.10. The van der Waals surface area contributed by atoms with Gasteiger partial charge in [-0.15, -0.1) is 0 Å². The van der Waals surface area contributed by atoms with E-state index in [0.717, 1.165) is 4.57 Å². The Labute approximate surface area is 177 Å². The Morgan fingerprint density at radius 3 is 2.20 bits per heavy atom. The molecule has 1 aromatic heterocycles. The second-order valence-corrected chi connectivity index (χ2v) is 10.7. The van der Waals surface area contributed by atoms with E-state index in [1.165, 1.54) is 12.3 Å². The summed E-state index contributed by atoms with van der Waals surface area (Å²) in [6.45, 7) is 16.2. The molecule has 0 saturated carbocycles. The average Bonchev–Trinajstić information content (AvgIpc) is 2.73. The first-order valence-electron chi connectivity index (χ1n) is 10.1. The number of ether oxygens (including phenoxy) is 3. The summed E-state index contributed by atoms with van der Waals surface area (Å²) in [5.74, 6) is -3.16. The lowest BCUT2D eigenvalue weighted by molar-refractivity contribution is -0.186. The fourth-order valence-corrected chi connectivity index (χ4v) is 3.01. The molecule has 0 bridgehead atoms. The van der Waals surface area contributed by atoms with Crippen molar-refractivity contribution in [2.45, 2.75) is 103 Å². The van der Waals surface area contributed by atoms with Crippen LogP contribution >= 0.6 is 0 Å². The molecule has 1 fully saturated rings. The molecule has 0 aliphatic carbocycles. The summed E-state index contributed by atoms with van der Waals surface area (Å²) in [6.07, 6.45) is -3.21. The Morgan fingerprint density at radius 2 is 1.73 bits per heavy atom. The number of anilines is 1. The van der Waals surface area contributed by atoms with E-state index < -0.39 is 41.3 Å². The highest BCUT2D eigenvalue weighted by Gasteiger charge is 2.62. The SMILES string of the molecule is CC(C)(C)Nc1ccn([C@@H]2O[C@H](COC(C)(C)C)[C@H](OC(C)(C)C)C2(F)F)c(=O)n1. The molecule has 1 aliphatic heterocycles. The lowest BCUT2D eigenvalue weighted by atomic mass is 10.1. The van der Waals surface area contributed by atoms with Crippen LogP contribution in [0.3, 0.4) is 0 Å². The highest BCUT2D eigenvalue weighted by molar-refractivity contribution is 5.34. The summed E-state index contributed by atoms with van der Waals surface area (Å²) in [6, 6.07) is 1.48. The number of hydrogen-bond donors (Lipinski definition) is 1. The molecule has 9 heteroatoms. The van der Waals surface area contributed by atoms with Gasteiger partial charge in [-0.05, 0) is 68.4 Å². The van der Waals surface area contributed by atoms with Crippen LogP contribution in [0.1, 0.15) is 68.5 Å². The molecular formula is C21H35F2N3O4. The molecule has 0 aromatic carbocycles. The number of nitrogens with one attached hydrogen (secondary N) is 1. The molecular weight excluding hydrogens is 396 g/mol.